The molecule has 0 bridgehead atoms. The minimum absolute atomic E-state index is 0.121. The first-order valence-corrected chi connectivity index (χ1v) is 8.32. The molecule has 1 aromatic heterocycles. The zero-order valence-electron chi connectivity index (χ0n) is 13.7. The number of hydrogen-bond acceptors (Lipinski definition) is 4. The molecule has 1 aliphatic rings. The number of H-pyrrole nitrogens is 1. The van der Waals surface area contributed by atoms with E-state index in [2.05, 4.69) is 39.6 Å². The Morgan fingerprint density at radius 1 is 1.26 bits per heavy atom. The van der Waals surface area contributed by atoms with E-state index in [4.69, 9.17) is 9.47 Å². The van der Waals surface area contributed by atoms with Crippen molar-refractivity contribution >= 4 is 0 Å². The minimum Gasteiger partial charge on any atom is -0.494 e. The second-order valence-corrected chi connectivity index (χ2v) is 5.99. The third-order valence-electron chi connectivity index (χ3n) is 4.54. The molecule has 0 atom stereocenters. The summed E-state index contributed by atoms with van der Waals surface area (Å²) in [7, 11) is 0. The van der Waals surface area contributed by atoms with Gasteiger partial charge in [0.15, 0.2) is 0 Å². The van der Waals surface area contributed by atoms with Crippen LogP contribution in [0.5, 0.6) is 5.75 Å². The van der Waals surface area contributed by atoms with Crippen molar-refractivity contribution in [3.05, 3.63) is 48.0 Å². The largest absolute Gasteiger partial charge is 0.494 e. The van der Waals surface area contributed by atoms with Crippen LogP contribution >= 0.6 is 0 Å². The number of hydrogen-bond donors (Lipinski definition) is 2. The highest BCUT2D eigenvalue weighted by molar-refractivity contribution is 5.33. The van der Waals surface area contributed by atoms with Crippen LogP contribution in [0.3, 0.4) is 0 Å². The van der Waals surface area contributed by atoms with Gasteiger partial charge >= 0.3 is 0 Å². The van der Waals surface area contributed by atoms with Gasteiger partial charge < -0.3 is 19.8 Å². The van der Waals surface area contributed by atoms with Gasteiger partial charge in [-0.2, -0.15) is 0 Å². The number of nitrogens with zero attached hydrogens (tertiary/aromatic N) is 1. The summed E-state index contributed by atoms with van der Waals surface area (Å²) in [6.45, 7) is 6.01. The Morgan fingerprint density at radius 3 is 2.70 bits per heavy atom. The maximum atomic E-state index is 5.59. The van der Waals surface area contributed by atoms with Gasteiger partial charge in [-0.1, -0.05) is 12.1 Å². The molecule has 0 spiro atoms. The summed E-state index contributed by atoms with van der Waals surface area (Å²) in [5, 5.41) is 3.56. The summed E-state index contributed by atoms with van der Waals surface area (Å²) in [5.41, 5.74) is 1.48. The maximum Gasteiger partial charge on any atom is 0.120 e. The van der Waals surface area contributed by atoms with Crippen molar-refractivity contribution < 1.29 is 9.47 Å². The van der Waals surface area contributed by atoms with Crippen LogP contribution in [-0.4, -0.2) is 36.3 Å². The number of rotatable bonds is 7. The van der Waals surface area contributed by atoms with E-state index in [9.17, 15) is 0 Å². The molecule has 1 aromatic carbocycles. The van der Waals surface area contributed by atoms with Crippen LogP contribution in [0.25, 0.3) is 0 Å². The fourth-order valence-corrected chi connectivity index (χ4v) is 3.22. The lowest BCUT2D eigenvalue weighted by Crippen LogP contribution is -2.42. The van der Waals surface area contributed by atoms with Crippen molar-refractivity contribution in [1.82, 2.24) is 15.3 Å². The first-order chi connectivity index (χ1) is 11.3. The molecular formula is C18H25N3O2. The molecule has 0 radical (unpaired) electrons. The Bertz CT molecular complexity index is 575. The number of aromatic nitrogens is 2. The Hall–Kier alpha value is -1.85. The van der Waals surface area contributed by atoms with E-state index in [0.29, 0.717) is 6.61 Å². The van der Waals surface area contributed by atoms with E-state index >= 15 is 0 Å². The van der Waals surface area contributed by atoms with Gasteiger partial charge in [0.05, 0.1) is 13.2 Å². The number of nitrogens with one attached hydrogen (secondary N) is 2. The molecule has 5 heteroatoms. The summed E-state index contributed by atoms with van der Waals surface area (Å²) >= 11 is 0. The monoisotopic (exact) mass is 315 g/mol. The van der Waals surface area contributed by atoms with Gasteiger partial charge in [-0.25, -0.2) is 4.98 Å². The van der Waals surface area contributed by atoms with Crippen LogP contribution < -0.4 is 10.1 Å². The Kier molecular flexibility index (Phi) is 5.31. The molecule has 0 amide bonds. The average molecular weight is 315 g/mol. The Balaban J connectivity index is 1.70. The Labute approximate surface area is 137 Å². The molecule has 2 N–H and O–H groups in total. The van der Waals surface area contributed by atoms with Crippen LogP contribution in [0.1, 0.15) is 31.2 Å². The molecule has 2 heterocycles. The maximum absolute atomic E-state index is 5.59. The quantitative estimate of drug-likeness (QED) is 0.825. The molecule has 1 saturated heterocycles. The van der Waals surface area contributed by atoms with E-state index in [1.165, 1.54) is 5.56 Å². The molecule has 0 aliphatic carbocycles. The third kappa shape index (κ3) is 3.92. The van der Waals surface area contributed by atoms with Gasteiger partial charge in [0.2, 0.25) is 0 Å². The van der Waals surface area contributed by atoms with Gasteiger partial charge in [-0.3, -0.25) is 0 Å². The predicted molar refractivity (Wildman–Crippen MR) is 89.6 cm³/mol. The van der Waals surface area contributed by atoms with E-state index in [-0.39, 0.29) is 5.41 Å². The van der Waals surface area contributed by atoms with Gasteiger partial charge in [0.25, 0.3) is 0 Å². The van der Waals surface area contributed by atoms with Gasteiger partial charge in [0.1, 0.15) is 11.6 Å². The van der Waals surface area contributed by atoms with Gasteiger partial charge in [0, 0.05) is 37.6 Å². The molecule has 0 saturated carbocycles. The number of aromatic amines is 1. The predicted octanol–water partition coefficient (Wildman–Crippen LogP) is 2.65. The topological polar surface area (TPSA) is 59.2 Å². The van der Waals surface area contributed by atoms with Crippen LogP contribution in [0.4, 0.5) is 0 Å². The zero-order valence-corrected chi connectivity index (χ0v) is 13.7. The summed E-state index contributed by atoms with van der Waals surface area (Å²) in [6, 6.07) is 8.54. The van der Waals surface area contributed by atoms with Crippen molar-refractivity contribution in [2.45, 2.75) is 31.7 Å². The van der Waals surface area contributed by atoms with E-state index in [1.807, 2.05) is 13.1 Å². The molecule has 0 unspecified atom stereocenters. The lowest BCUT2D eigenvalue weighted by Gasteiger charge is -2.38. The number of benzene rings is 1. The highest BCUT2D eigenvalue weighted by Crippen LogP contribution is 2.35. The van der Waals surface area contributed by atoms with Crippen molar-refractivity contribution in [3.63, 3.8) is 0 Å². The Morgan fingerprint density at radius 2 is 2.04 bits per heavy atom. The SMILES string of the molecule is CCOc1ccc(C2(CNCc3ncc[nH]3)CCOCC2)cc1. The molecule has 124 valence electrons. The fraction of sp³-hybridized carbons (Fsp3) is 0.500. The number of imidazole rings is 1. The van der Waals surface area contributed by atoms with E-state index in [0.717, 1.165) is 50.7 Å². The summed E-state index contributed by atoms with van der Waals surface area (Å²) in [5.74, 6) is 1.90. The smallest absolute Gasteiger partial charge is 0.120 e. The van der Waals surface area contributed by atoms with Crippen LogP contribution in [0.15, 0.2) is 36.7 Å². The number of ether oxygens (including phenoxy) is 2. The highest BCUT2D eigenvalue weighted by atomic mass is 16.5. The van der Waals surface area contributed by atoms with Gasteiger partial charge in [-0.05, 0) is 37.5 Å². The summed E-state index contributed by atoms with van der Waals surface area (Å²) in [6.07, 6.45) is 5.71. The average Bonchev–Trinajstić information content (AvgIpc) is 3.10. The van der Waals surface area contributed by atoms with E-state index < -0.39 is 0 Å². The normalized spacial score (nSPS) is 17.1. The second-order valence-electron chi connectivity index (χ2n) is 5.99. The molecule has 3 rings (SSSR count). The fourth-order valence-electron chi connectivity index (χ4n) is 3.22. The highest BCUT2D eigenvalue weighted by Gasteiger charge is 2.34. The molecule has 1 fully saturated rings. The second kappa shape index (κ2) is 7.62. The van der Waals surface area contributed by atoms with Crippen LogP contribution in [-0.2, 0) is 16.7 Å². The van der Waals surface area contributed by atoms with Crippen molar-refractivity contribution in [2.75, 3.05) is 26.4 Å². The first-order valence-electron chi connectivity index (χ1n) is 8.32. The zero-order chi connectivity index (χ0) is 16.0. The van der Waals surface area contributed by atoms with E-state index in [1.54, 1.807) is 6.20 Å². The lowest BCUT2D eigenvalue weighted by molar-refractivity contribution is 0.0497. The molecule has 23 heavy (non-hydrogen) atoms. The van der Waals surface area contributed by atoms with Crippen molar-refractivity contribution in [3.8, 4) is 5.75 Å². The first kappa shape index (κ1) is 16.0. The molecule has 1 aliphatic heterocycles. The summed E-state index contributed by atoms with van der Waals surface area (Å²) < 4.78 is 11.1. The third-order valence-corrected chi connectivity index (χ3v) is 4.54. The summed E-state index contributed by atoms with van der Waals surface area (Å²) in [4.78, 5) is 7.40. The van der Waals surface area contributed by atoms with Crippen molar-refractivity contribution in [1.29, 1.82) is 0 Å². The van der Waals surface area contributed by atoms with Crippen molar-refractivity contribution in [2.24, 2.45) is 0 Å². The lowest BCUT2D eigenvalue weighted by atomic mass is 9.74. The van der Waals surface area contributed by atoms with Crippen LogP contribution in [0.2, 0.25) is 0 Å². The molecular weight excluding hydrogens is 290 g/mol. The molecule has 5 nitrogen and oxygen atoms in total. The van der Waals surface area contributed by atoms with Gasteiger partial charge in [-0.15, -0.1) is 0 Å². The standard InChI is InChI=1S/C18H25N3O2/c1-2-23-16-5-3-15(4-6-16)18(7-11-22-12-8-18)14-19-13-17-20-9-10-21-17/h3-6,9-10,19H,2,7-8,11-14H2,1H3,(H,20,21). The van der Waals surface area contributed by atoms with Crippen LogP contribution in [0, 0.1) is 0 Å². The molecule has 2 aromatic rings. The minimum atomic E-state index is 0.121.